The summed E-state index contributed by atoms with van der Waals surface area (Å²) in [6, 6.07) is 14.9. The van der Waals surface area contributed by atoms with Crippen molar-refractivity contribution in [2.24, 2.45) is 25.7 Å². The molecular formula is C20H16N10O2. The number of anilines is 2. The average Bonchev–Trinajstić information content (AvgIpc) is 3.31. The number of aromatic nitrogens is 3. The molecule has 0 aliphatic heterocycles. The summed E-state index contributed by atoms with van der Waals surface area (Å²) < 4.78 is 0. The summed E-state index contributed by atoms with van der Waals surface area (Å²) in [6.45, 7) is 1.80. The van der Waals surface area contributed by atoms with E-state index in [2.05, 4.69) is 46.5 Å². The first-order valence-corrected chi connectivity index (χ1v) is 9.31. The number of hydrogen-bond donors (Lipinski definition) is 3. The van der Waals surface area contributed by atoms with Gasteiger partial charge in [0.15, 0.2) is 0 Å². The van der Waals surface area contributed by atoms with Gasteiger partial charge in [-0.15, -0.1) is 20.0 Å². The van der Waals surface area contributed by atoms with Crippen LogP contribution in [0.15, 0.2) is 80.3 Å². The second-order valence-electron chi connectivity index (χ2n) is 6.65. The first kappa shape index (κ1) is 20.4. The van der Waals surface area contributed by atoms with Gasteiger partial charge in [0.2, 0.25) is 0 Å². The molecule has 0 fully saturated rings. The number of nitroso groups, excluding NO2 is 2. The van der Waals surface area contributed by atoms with Gasteiger partial charge in [0.25, 0.3) is 0 Å². The highest BCUT2D eigenvalue weighted by Gasteiger charge is 2.08. The highest BCUT2D eigenvalue weighted by Crippen LogP contribution is 2.31. The highest BCUT2D eigenvalue weighted by molar-refractivity contribution is 5.99. The second-order valence-corrected chi connectivity index (χ2v) is 6.65. The molecule has 0 aliphatic carbocycles. The lowest BCUT2D eigenvalue weighted by Gasteiger charge is -2.06. The summed E-state index contributed by atoms with van der Waals surface area (Å²) in [4.78, 5) is 21.6. The van der Waals surface area contributed by atoms with E-state index < -0.39 is 0 Å². The molecule has 0 saturated heterocycles. The van der Waals surface area contributed by atoms with Crippen LogP contribution in [0.1, 0.15) is 12.5 Å². The fourth-order valence-electron chi connectivity index (χ4n) is 2.86. The number of hydrogen-bond acceptors (Lipinski definition) is 11. The van der Waals surface area contributed by atoms with Crippen LogP contribution in [0.25, 0.3) is 11.0 Å². The van der Waals surface area contributed by atoms with E-state index in [1.807, 2.05) is 12.1 Å². The minimum absolute atomic E-state index is 0.0381. The molecule has 4 rings (SSSR count). The van der Waals surface area contributed by atoms with Crippen molar-refractivity contribution in [1.82, 2.24) is 15.4 Å². The number of nitrogens with two attached hydrogens (primary N) is 1. The Labute approximate surface area is 180 Å². The van der Waals surface area contributed by atoms with E-state index in [-0.39, 0.29) is 11.4 Å². The standard InChI is InChI=1S/C20H16N10O2/c1-11(22-24-16-8-6-14(28-31)10-18(16)29-32)12-2-4-13(5-3-12)23-26-19-15(21)7-9-17-20(19)27-30-25-17/h2-10,24H,21H2,1H3,(H,25,27,30)/b22-11+,26-23+. The summed E-state index contributed by atoms with van der Waals surface area (Å²) in [5, 5.41) is 28.9. The van der Waals surface area contributed by atoms with E-state index in [0.717, 1.165) is 5.56 Å². The zero-order chi connectivity index (χ0) is 22.5. The molecule has 0 aliphatic rings. The van der Waals surface area contributed by atoms with Crippen molar-refractivity contribution in [2.45, 2.75) is 6.92 Å². The van der Waals surface area contributed by atoms with Crippen LogP contribution in [-0.4, -0.2) is 21.1 Å². The molecule has 4 aromatic rings. The van der Waals surface area contributed by atoms with Crippen LogP contribution in [0.3, 0.4) is 0 Å². The molecule has 0 bridgehead atoms. The van der Waals surface area contributed by atoms with E-state index in [4.69, 9.17) is 5.73 Å². The number of nitrogen functional groups attached to an aromatic ring is 1. The van der Waals surface area contributed by atoms with Crippen molar-refractivity contribution in [3.05, 3.63) is 70.0 Å². The van der Waals surface area contributed by atoms with E-state index >= 15 is 0 Å². The molecule has 0 radical (unpaired) electrons. The summed E-state index contributed by atoms with van der Waals surface area (Å²) in [5.41, 5.74) is 13.5. The third-order valence-electron chi connectivity index (χ3n) is 4.59. The summed E-state index contributed by atoms with van der Waals surface area (Å²) in [7, 11) is 0. The molecular weight excluding hydrogens is 412 g/mol. The van der Waals surface area contributed by atoms with Crippen LogP contribution in [0.5, 0.6) is 0 Å². The maximum absolute atomic E-state index is 11.0. The van der Waals surface area contributed by atoms with Gasteiger partial charge in [0.05, 0.1) is 22.8 Å². The van der Waals surface area contributed by atoms with Gasteiger partial charge >= 0.3 is 0 Å². The van der Waals surface area contributed by atoms with Crippen molar-refractivity contribution in [3.63, 3.8) is 0 Å². The van der Waals surface area contributed by atoms with Gasteiger partial charge in [-0.3, -0.25) is 10.5 Å². The van der Waals surface area contributed by atoms with Crippen molar-refractivity contribution in [1.29, 1.82) is 0 Å². The van der Waals surface area contributed by atoms with Gasteiger partial charge in [-0.2, -0.15) is 10.2 Å². The van der Waals surface area contributed by atoms with E-state index in [1.54, 1.807) is 31.2 Å². The maximum atomic E-state index is 11.0. The van der Waals surface area contributed by atoms with Crippen LogP contribution < -0.4 is 11.2 Å². The second kappa shape index (κ2) is 8.87. The molecule has 0 saturated carbocycles. The van der Waals surface area contributed by atoms with Gasteiger partial charge in [-0.05, 0) is 65.3 Å². The molecule has 3 aromatic carbocycles. The van der Waals surface area contributed by atoms with Gasteiger partial charge in [-0.1, -0.05) is 17.3 Å². The zero-order valence-corrected chi connectivity index (χ0v) is 16.7. The number of nitrogens with zero attached hydrogens (tertiary/aromatic N) is 7. The number of rotatable bonds is 7. The van der Waals surface area contributed by atoms with Crippen LogP contribution in [0, 0.1) is 9.81 Å². The Morgan fingerprint density at radius 1 is 0.969 bits per heavy atom. The Balaban J connectivity index is 1.50. The highest BCUT2D eigenvalue weighted by atomic mass is 16.3. The zero-order valence-electron chi connectivity index (χ0n) is 16.7. The number of nitrogens with one attached hydrogen (secondary N) is 2. The van der Waals surface area contributed by atoms with Crippen LogP contribution in [0.4, 0.5) is 34.1 Å². The van der Waals surface area contributed by atoms with Gasteiger partial charge < -0.3 is 5.73 Å². The largest absolute Gasteiger partial charge is 0.397 e. The predicted molar refractivity (Wildman–Crippen MR) is 122 cm³/mol. The van der Waals surface area contributed by atoms with Crippen molar-refractivity contribution >= 4 is 50.9 Å². The Bertz CT molecular complexity index is 1360. The molecule has 12 nitrogen and oxygen atoms in total. The van der Waals surface area contributed by atoms with Gasteiger partial charge in [-0.25, -0.2) is 0 Å². The molecule has 0 unspecified atom stereocenters. The van der Waals surface area contributed by atoms with Crippen molar-refractivity contribution < 1.29 is 0 Å². The topological polar surface area (TPSA) is 176 Å². The average molecular weight is 428 g/mol. The SMILES string of the molecule is C/C(=N\Nc1ccc(N=O)cc1N=O)c1ccc(/N=N/c2c(N)ccc3nn[nH]c23)cc1. The quantitative estimate of drug-likeness (QED) is 0.114. The molecule has 32 heavy (non-hydrogen) atoms. The first-order valence-electron chi connectivity index (χ1n) is 9.31. The summed E-state index contributed by atoms with van der Waals surface area (Å²) in [6.07, 6.45) is 0. The molecule has 1 aromatic heterocycles. The first-order chi connectivity index (χ1) is 15.6. The number of fused-ring (bicyclic) bond motifs is 1. The van der Waals surface area contributed by atoms with Gasteiger partial charge in [0, 0.05) is 0 Å². The fourth-order valence-corrected chi connectivity index (χ4v) is 2.86. The number of benzene rings is 3. The summed E-state index contributed by atoms with van der Waals surface area (Å²) >= 11 is 0. The molecule has 4 N–H and O–H groups in total. The monoisotopic (exact) mass is 428 g/mol. The van der Waals surface area contributed by atoms with Crippen molar-refractivity contribution in [2.75, 3.05) is 11.2 Å². The summed E-state index contributed by atoms with van der Waals surface area (Å²) in [5.74, 6) is 0. The lowest BCUT2D eigenvalue weighted by atomic mass is 10.1. The van der Waals surface area contributed by atoms with Crippen LogP contribution in [0.2, 0.25) is 0 Å². The number of H-pyrrole nitrogens is 1. The van der Waals surface area contributed by atoms with Crippen LogP contribution >= 0.6 is 0 Å². The molecule has 0 spiro atoms. The lowest BCUT2D eigenvalue weighted by molar-refractivity contribution is 0.959. The fraction of sp³-hybridized carbons (Fsp3) is 0.0500. The van der Waals surface area contributed by atoms with Crippen molar-refractivity contribution in [3.8, 4) is 0 Å². The lowest BCUT2D eigenvalue weighted by Crippen LogP contribution is -1.99. The smallest absolute Gasteiger partial charge is 0.136 e. The molecule has 1 heterocycles. The third kappa shape index (κ3) is 4.18. The van der Waals surface area contributed by atoms with Crippen LogP contribution in [-0.2, 0) is 0 Å². The number of aromatic amines is 1. The normalized spacial score (nSPS) is 11.7. The Kier molecular flexibility index (Phi) is 5.66. The third-order valence-corrected chi connectivity index (χ3v) is 4.59. The minimum Gasteiger partial charge on any atom is -0.397 e. The molecule has 158 valence electrons. The molecule has 0 amide bonds. The number of azo groups is 1. The molecule has 0 atom stereocenters. The minimum atomic E-state index is 0.0381. The van der Waals surface area contributed by atoms with Gasteiger partial charge in [0.1, 0.15) is 28.1 Å². The Morgan fingerprint density at radius 3 is 2.50 bits per heavy atom. The Morgan fingerprint density at radius 2 is 1.75 bits per heavy atom. The number of hydrazone groups is 1. The van der Waals surface area contributed by atoms with E-state index in [1.165, 1.54) is 18.2 Å². The maximum Gasteiger partial charge on any atom is 0.136 e. The van der Waals surface area contributed by atoms with E-state index in [9.17, 15) is 9.81 Å². The molecule has 12 heteroatoms. The van der Waals surface area contributed by atoms with E-state index in [0.29, 0.717) is 39.5 Å². The Hall–Kier alpha value is -4.87. The predicted octanol–water partition coefficient (Wildman–Crippen LogP) is 5.59.